The molecule has 1 aliphatic rings. The van der Waals surface area contributed by atoms with Crippen molar-refractivity contribution >= 4 is 5.91 Å². The number of hydrogen-bond acceptors (Lipinski definition) is 8. The zero-order valence-electron chi connectivity index (χ0n) is 31.6. The number of allylic oxidation sites excluding steroid dienone is 5. The molecule has 1 aliphatic heterocycles. The number of rotatable bonds is 32. The fourth-order valence-electron chi connectivity index (χ4n) is 6.11. The van der Waals surface area contributed by atoms with Crippen molar-refractivity contribution in [1.82, 2.24) is 5.32 Å². The minimum atomic E-state index is -1.57. The Hall–Kier alpha value is -1.59. The average Bonchev–Trinajstić information content (AvgIpc) is 3.11. The van der Waals surface area contributed by atoms with Crippen LogP contribution in [0.25, 0.3) is 0 Å². The SMILES string of the molecule is CCCC/C=C/CC/C=C/CC/C=C/C(O)C(COC1OC(CO)C(O)C(O)C1O)NC(=O)CCCCCCCCCCCCCCCCC. The van der Waals surface area contributed by atoms with E-state index in [-0.39, 0.29) is 12.5 Å². The molecule has 1 fully saturated rings. The van der Waals surface area contributed by atoms with E-state index in [1.54, 1.807) is 6.08 Å². The molecule has 7 atom stereocenters. The molecule has 0 radical (unpaired) electrons. The van der Waals surface area contributed by atoms with Crippen LogP contribution >= 0.6 is 0 Å². The van der Waals surface area contributed by atoms with Crippen LogP contribution < -0.4 is 5.32 Å². The van der Waals surface area contributed by atoms with Gasteiger partial charge in [-0.3, -0.25) is 4.79 Å². The molecule has 1 heterocycles. The average molecular weight is 710 g/mol. The minimum Gasteiger partial charge on any atom is -0.394 e. The van der Waals surface area contributed by atoms with Crippen molar-refractivity contribution in [2.24, 2.45) is 0 Å². The normalized spacial score (nSPS) is 22.6. The molecule has 0 saturated carbocycles. The molecule has 0 aromatic heterocycles. The van der Waals surface area contributed by atoms with E-state index in [2.05, 4.69) is 43.5 Å². The molecule has 9 nitrogen and oxygen atoms in total. The number of hydrogen-bond donors (Lipinski definition) is 6. The first-order chi connectivity index (χ1) is 24.3. The van der Waals surface area contributed by atoms with Gasteiger partial charge in [0.25, 0.3) is 0 Å². The van der Waals surface area contributed by atoms with Crippen molar-refractivity contribution in [3.63, 3.8) is 0 Å². The Morgan fingerprint density at radius 3 is 1.66 bits per heavy atom. The van der Waals surface area contributed by atoms with Crippen LogP contribution in [-0.4, -0.2) is 87.5 Å². The maximum atomic E-state index is 12.9. The largest absolute Gasteiger partial charge is 0.394 e. The molecule has 50 heavy (non-hydrogen) atoms. The highest BCUT2D eigenvalue weighted by Crippen LogP contribution is 2.22. The van der Waals surface area contributed by atoms with Crippen molar-refractivity contribution in [3.8, 4) is 0 Å². The van der Waals surface area contributed by atoms with Crippen LogP contribution in [0, 0.1) is 0 Å². The number of aliphatic hydroxyl groups excluding tert-OH is 5. The second-order valence-electron chi connectivity index (χ2n) is 14.1. The summed E-state index contributed by atoms with van der Waals surface area (Å²) >= 11 is 0. The molecule has 7 unspecified atom stereocenters. The second kappa shape index (κ2) is 32.1. The molecule has 1 rings (SSSR count). The van der Waals surface area contributed by atoms with Crippen molar-refractivity contribution in [3.05, 3.63) is 36.5 Å². The van der Waals surface area contributed by atoms with E-state index in [0.717, 1.165) is 51.4 Å². The van der Waals surface area contributed by atoms with Crippen LogP contribution in [0.5, 0.6) is 0 Å². The lowest BCUT2D eigenvalue weighted by molar-refractivity contribution is -0.302. The Bertz CT molecular complexity index is 879. The van der Waals surface area contributed by atoms with Crippen molar-refractivity contribution in [2.45, 2.75) is 204 Å². The van der Waals surface area contributed by atoms with Gasteiger partial charge in [-0.25, -0.2) is 0 Å². The van der Waals surface area contributed by atoms with E-state index >= 15 is 0 Å². The highest BCUT2D eigenvalue weighted by Gasteiger charge is 2.44. The summed E-state index contributed by atoms with van der Waals surface area (Å²) in [6, 6.07) is -0.822. The van der Waals surface area contributed by atoms with Gasteiger partial charge in [-0.2, -0.15) is 0 Å². The lowest BCUT2D eigenvalue weighted by Gasteiger charge is -2.40. The van der Waals surface area contributed by atoms with Gasteiger partial charge in [0.05, 0.1) is 25.4 Å². The number of carbonyl (C=O) groups is 1. The molecule has 0 aromatic carbocycles. The fourth-order valence-corrected chi connectivity index (χ4v) is 6.11. The van der Waals surface area contributed by atoms with Crippen LogP contribution in [0.1, 0.15) is 162 Å². The van der Waals surface area contributed by atoms with E-state index in [9.17, 15) is 30.3 Å². The molecule has 6 N–H and O–H groups in total. The Morgan fingerprint density at radius 2 is 1.14 bits per heavy atom. The van der Waals surface area contributed by atoms with Gasteiger partial charge in [-0.05, 0) is 38.5 Å². The quantitative estimate of drug-likeness (QED) is 0.0314. The van der Waals surface area contributed by atoms with Crippen LogP contribution in [0.4, 0.5) is 0 Å². The Kier molecular flexibility index (Phi) is 29.8. The van der Waals surface area contributed by atoms with Gasteiger partial charge in [0.2, 0.25) is 5.91 Å². The highest BCUT2D eigenvalue weighted by molar-refractivity contribution is 5.76. The van der Waals surface area contributed by atoms with Crippen LogP contribution in [0.3, 0.4) is 0 Å². The number of carbonyl (C=O) groups excluding carboxylic acids is 1. The van der Waals surface area contributed by atoms with Gasteiger partial charge in [-0.1, -0.05) is 153 Å². The smallest absolute Gasteiger partial charge is 0.220 e. The number of unbranched alkanes of at least 4 members (excludes halogenated alkanes) is 18. The lowest BCUT2D eigenvalue weighted by atomic mass is 9.99. The van der Waals surface area contributed by atoms with E-state index in [4.69, 9.17) is 9.47 Å². The zero-order chi connectivity index (χ0) is 36.7. The summed E-state index contributed by atoms with van der Waals surface area (Å²) in [5.74, 6) is -0.193. The Labute approximate surface area is 304 Å². The fraction of sp³-hybridized carbons (Fsp3) is 0.829. The first-order valence-electron chi connectivity index (χ1n) is 20.2. The predicted molar refractivity (Wildman–Crippen MR) is 203 cm³/mol. The summed E-state index contributed by atoms with van der Waals surface area (Å²) in [6.07, 6.45) is 30.4. The van der Waals surface area contributed by atoms with Crippen molar-refractivity contribution < 1.29 is 39.8 Å². The summed E-state index contributed by atoms with van der Waals surface area (Å²) in [6.45, 7) is 3.68. The molecule has 1 amide bonds. The number of aliphatic hydroxyl groups is 5. The highest BCUT2D eigenvalue weighted by atomic mass is 16.7. The molecule has 0 aliphatic carbocycles. The molecular formula is C41H75NO8. The van der Waals surface area contributed by atoms with Crippen LogP contribution in [0.15, 0.2) is 36.5 Å². The zero-order valence-corrected chi connectivity index (χ0v) is 31.6. The first kappa shape index (κ1) is 46.4. The maximum Gasteiger partial charge on any atom is 0.220 e. The summed E-state index contributed by atoms with van der Waals surface area (Å²) < 4.78 is 11.1. The van der Waals surface area contributed by atoms with Gasteiger partial charge in [0.15, 0.2) is 6.29 Å². The lowest BCUT2D eigenvalue weighted by Crippen LogP contribution is -2.60. The molecule has 1 saturated heterocycles. The van der Waals surface area contributed by atoms with Crippen LogP contribution in [0.2, 0.25) is 0 Å². The topological polar surface area (TPSA) is 149 Å². The molecule has 0 bridgehead atoms. The van der Waals surface area contributed by atoms with E-state index in [0.29, 0.717) is 6.42 Å². The van der Waals surface area contributed by atoms with Gasteiger partial charge < -0.3 is 40.3 Å². The number of nitrogens with one attached hydrogen (secondary N) is 1. The van der Waals surface area contributed by atoms with Crippen molar-refractivity contribution in [2.75, 3.05) is 13.2 Å². The summed E-state index contributed by atoms with van der Waals surface area (Å²) in [4.78, 5) is 12.9. The second-order valence-corrected chi connectivity index (χ2v) is 14.1. The third-order valence-electron chi connectivity index (χ3n) is 9.45. The monoisotopic (exact) mass is 710 g/mol. The van der Waals surface area contributed by atoms with Gasteiger partial charge in [-0.15, -0.1) is 0 Å². The third kappa shape index (κ3) is 23.1. The maximum absolute atomic E-state index is 12.9. The minimum absolute atomic E-state index is 0.193. The predicted octanol–water partition coefficient (Wildman–Crippen LogP) is 7.33. The Morgan fingerprint density at radius 1 is 0.660 bits per heavy atom. The van der Waals surface area contributed by atoms with E-state index in [1.165, 1.54) is 89.9 Å². The van der Waals surface area contributed by atoms with Crippen molar-refractivity contribution in [1.29, 1.82) is 0 Å². The molecule has 0 aromatic rings. The van der Waals surface area contributed by atoms with E-state index in [1.807, 2.05) is 6.08 Å². The van der Waals surface area contributed by atoms with Crippen LogP contribution in [-0.2, 0) is 14.3 Å². The number of ether oxygens (including phenoxy) is 2. The molecule has 0 spiro atoms. The molecular weight excluding hydrogens is 634 g/mol. The van der Waals surface area contributed by atoms with Gasteiger partial charge in [0, 0.05) is 6.42 Å². The summed E-state index contributed by atoms with van der Waals surface area (Å²) in [5.41, 5.74) is 0. The molecule has 9 heteroatoms. The molecule has 292 valence electrons. The first-order valence-corrected chi connectivity index (χ1v) is 20.2. The summed E-state index contributed by atoms with van der Waals surface area (Å²) in [5, 5.41) is 53.9. The third-order valence-corrected chi connectivity index (χ3v) is 9.45. The number of amides is 1. The van der Waals surface area contributed by atoms with Gasteiger partial charge >= 0.3 is 0 Å². The Balaban J connectivity index is 2.45. The standard InChI is InChI=1S/C41H75NO8/c1-3-5-7-9-11-13-15-17-18-19-21-23-25-27-29-31-37(45)42-34(33-49-41-40(48)39(47)38(46)36(32-43)50-41)35(44)30-28-26-24-22-20-16-14-12-10-8-6-4-2/h10,12,20,22,28,30,34-36,38-41,43-44,46-48H,3-9,11,13-19,21,23-27,29,31-33H2,1-2H3,(H,42,45)/b12-10+,22-20+,30-28+. The van der Waals surface area contributed by atoms with E-state index < -0.39 is 49.5 Å². The van der Waals surface area contributed by atoms with Gasteiger partial charge in [0.1, 0.15) is 24.4 Å². The summed E-state index contributed by atoms with van der Waals surface area (Å²) in [7, 11) is 0.